The number of benzene rings is 2. The Morgan fingerprint density at radius 1 is 1.10 bits per heavy atom. The maximum absolute atomic E-state index is 13.5. The van der Waals surface area contributed by atoms with Crippen molar-refractivity contribution in [2.45, 2.75) is 23.7 Å². The van der Waals surface area contributed by atoms with Gasteiger partial charge in [0, 0.05) is 31.1 Å². The lowest BCUT2D eigenvalue weighted by molar-refractivity contribution is -0.136. The third-order valence-corrected chi connectivity index (χ3v) is 6.06. The molecule has 10 heteroatoms. The quantitative estimate of drug-likeness (QED) is 0.323. The number of fused-ring (bicyclic) bond motifs is 1. The molecule has 3 aromatic rings. The SMILES string of the molecule is CC(=O)c1c(SCc2ccc(Cl)cc2Cl)c2cc(Cl)cc(C(F)(F)F)c2[nH]c1=O. The number of carbonyl (C=O) groups excluding carboxylic acids is 1. The third kappa shape index (κ3) is 4.58. The van der Waals surface area contributed by atoms with E-state index in [2.05, 4.69) is 4.98 Å². The van der Waals surface area contributed by atoms with Crippen molar-refractivity contribution in [3.05, 3.63) is 72.4 Å². The summed E-state index contributed by atoms with van der Waals surface area (Å²) >= 11 is 19.0. The van der Waals surface area contributed by atoms with Crippen LogP contribution in [0.5, 0.6) is 0 Å². The number of pyridine rings is 1. The lowest BCUT2D eigenvalue weighted by atomic mass is 10.1. The number of ketones is 1. The largest absolute Gasteiger partial charge is 0.418 e. The van der Waals surface area contributed by atoms with Crippen molar-refractivity contribution >= 4 is 63.3 Å². The van der Waals surface area contributed by atoms with Crippen LogP contribution in [0.15, 0.2) is 40.0 Å². The number of aromatic nitrogens is 1. The van der Waals surface area contributed by atoms with Crippen LogP contribution in [0.4, 0.5) is 13.2 Å². The zero-order chi connectivity index (χ0) is 21.5. The van der Waals surface area contributed by atoms with Gasteiger partial charge in [-0.2, -0.15) is 13.2 Å². The third-order valence-electron chi connectivity index (χ3n) is 4.08. The molecule has 0 spiro atoms. The first-order chi connectivity index (χ1) is 13.5. The van der Waals surface area contributed by atoms with E-state index in [1.54, 1.807) is 12.1 Å². The van der Waals surface area contributed by atoms with Gasteiger partial charge in [-0.25, -0.2) is 0 Å². The summed E-state index contributed by atoms with van der Waals surface area (Å²) in [6, 6.07) is 6.83. The molecule has 3 rings (SSSR count). The van der Waals surface area contributed by atoms with Gasteiger partial charge < -0.3 is 4.98 Å². The average Bonchev–Trinajstić information content (AvgIpc) is 2.59. The minimum atomic E-state index is -4.74. The number of H-pyrrole nitrogens is 1. The Morgan fingerprint density at radius 2 is 1.79 bits per heavy atom. The summed E-state index contributed by atoms with van der Waals surface area (Å²) in [7, 11) is 0. The Bertz CT molecular complexity index is 1190. The molecule has 2 aromatic carbocycles. The van der Waals surface area contributed by atoms with Gasteiger partial charge in [0.2, 0.25) is 0 Å². The number of rotatable bonds is 4. The van der Waals surface area contributed by atoms with E-state index in [4.69, 9.17) is 34.8 Å². The number of hydrogen-bond acceptors (Lipinski definition) is 3. The minimum Gasteiger partial charge on any atom is -0.321 e. The average molecular weight is 481 g/mol. The van der Waals surface area contributed by atoms with Crippen LogP contribution in [-0.2, 0) is 11.9 Å². The molecule has 0 unspecified atom stereocenters. The van der Waals surface area contributed by atoms with Gasteiger partial charge in [0.15, 0.2) is 5.78 Å². The number of carbonyl (C=O) groups is 1. The van der Waals surface area contributed by atoms with Gasteiger partial charge in [-0.05, 0) is 36.8 Å². The van der Waals surface area contributed by atoms with E-state index in [0.29, 0.717) is 15.6 Å². The number of hydrogen-bond donors (Lipinski definition) is 1. The number of nitrogens with one attached hydrogen (secondary N) is 1. The van der Waals surface area contributed by atoms with Crippen LogP contribution in [0.3, 0.4) is 0 Å². The number of aromatic amines is 1. The topological polar surface area (TPSA) is 49.9 Å². The van der Waals surface area contributed by atoms with Crippen molar-refractivity contribution in [2.24, 2.45) is 0 Å². The summed E-state index contributed by atoms with van der Waals surface area (Å²) in [6.45, 7) is 1.17. The summed E-state index contributed by atoms with van der Waals surface area (Å²) < 4.78 is 40.4. The van der Waals surface area contributed by atoms with E-state index < -0.39 is 28.6 Å². The highest BCUT2D eigenvalue weighted by Gasteiger charge is 2.34. The molecule has 3 nitrogen and oxygen atoms in total. The summed E-state index contributed by atoms with van der Waals surface area (Å²) in [5.74, 6) is -0.380. The molecule has 1 heterocycles. The normalized spacial score (nSPS) is 11.8. The molecule has 0 saturated heterocycles. The Morgan fingerprint density at radius 3 is 2.38 bits per heavy atom. The molecular weight excluding hydrogens is 470 g/mol. The van der Waals surface area contributed by atoms with Gasteiger partial charge in [-0.15, -0.1) is 11.8 Å². The molecule has 0 atom stereocenters. The van der Waals surface area contributed by atoms with Crippen LogP contribution in [-0.4, -0.2) is 10.8 Å². The van der Waals surface area contributed by atoms with Gasteiger partial charge in [-0.1, -0.05) is 40.9 Å². The summed E-state index contributed by atoms with van der Waals surface area (Å²) in [4.78, 5) is 26.8. The van der Waals surface area contributed by atoms with E-state index in [1.165, 1.54) is 19.1 Å². The first-order valence-electron chi connectivity index (χ1n) is 8.03. The van der Waals surface area contributed by atoms with Crippen LogP contribution in [0.1, 0.15) is 28.4 Å². The second-order valence-corrected chi connectivity index (χ2v) is 8.38. The molecule has 0 radical (unpaired) electrons. The second-order valence-electron chi connectivity index (χ2n) is 6.11. The van der Waals surface area contributed by atoms with Crippen LogP contribution in [0, 0.1) is 0 Å². The summed E-state index contributed by atoms with van der Waals surface area (Å²) in [5, 5.41) is 0.649. The van der Waals surface area contributed by atoms with Gasteiger partial charge in [0.1, 0.15) is 0 Å². The fraction of sp³-hybridized carbons (Fsp3) is 0.158. The van der Waals surface area contributed by atoms with Crippen LogP contribution >= 0.6 is 46.6 Å². The fourth-order valence-corrected chi connectivity index (χ4v) is 4.84. The fourth-order valence-electron chi connectivity index (χ4n) is 2.82. The first kappa shape index (κ1) is 22.0. The van der Waals surface area contributed by atoms with Crippen molar-refractivity contribution in [2.75, 3.05) is 0 Å². The zero-order valence-corrected chi connectivity index (χ0v) is 17.7. The number of alkyl halides is 3. The molecule has 0 aliphatic carbocycles. The number of halogens is 6. The van der Waals surface area contributed by atoms with E-state index in [-0.39, 0.29) is 26.6 Å². The van der Waals surface area contributed by atoms with Gasteiger partial charge in [-0.3, -0.25) is 9.59 Å². The van der Waals surface area contributed by atoms with Gasteiger partial charge in [0.05, 0.1) is 16.6 Å². The van der Waals surface area contributed by atoms with Crippen LogP contribution < -0.4 is 5.56 Å². The first-order valence-corrected chi connectivity index (χ1v) is 10.2. The standard InChI is InChI=1S/C19H11Cl3F3NO2S/c1-8(27)15-17(29-7-9-2-3-10(20)6-14(9)22)12-4-11(21)5-13(19(23,24)25)16(12)26-18(15)28/h2-6H,7H2,1H3,(H,26,28). The van der Waals surface area contributed by atoms with E-state index >= 15 is 0 Å². The van der Waals surface area contributed by atoms with Crippen LogP contribution in [0.2, 0.25) is 15.1 Å². The molecule has 1 N–H and O–H groups in total. The van der Waals surface area contributed by atoms with E-state index in [0.717, 1.165) is 17.8 Å². The molecule has 1 aromatic heterocycles. The lowest BCUT2D eigenvalue weighted by Crippen LogP contribution is -2.20. The monoisotopic (exact) mass is 479 g/mol. The molecule has 0 aliphatic rings. The van der Waals surface area contributed by atoms with Gasteiger partial charge >= 0.3 is 6.18 Å². The zero-order valence-electron chi connectivity index (χ0n) is 14.6. The van der Waals surface area contributed by atoms with Crippen molar-refractivity contribution in [1.29, 1.82) is 0 Å². The molecule has 29 heavy (non-hydrogen) atoms. The molecule has 0 saturated carbocycles. The summed E-state index contributed by atoms with van der Waals surface area (Å²) in [5.41, 5.74) is -2.01. The highest BCUT2D eigenvalue weighted by Crippen LogP contribution is 2.40. The van der Waals surface area contributed by atoms with Gasteiger partial charge in [0.25, 0.3) is 5.56 Å². The predicted molar refractivity (Wildman–Crippen MR) is 111 cm³/mol. The maximum atomic E-state index is 13.5. The summed E-state index contributed by atoms with van der Waals surface area (Å²) in [6.07, 6.45) is -4.74. The Kier molecular flexibility index (Phi) is 6.24. The second kappa shape index (κ2) is 8.22. The van der Waals surface area contributed by atoms with Crippen molar-refractivity contribution < 1.29 is 18.0 Å². The Balaban J connectivity index is 2.25. The maximum Gasteiger partial charge on any atom is 0.418 e. The highest BCUT2D eigenvalue weighted by atomic mass is 35.5. The molecular formula is C19H11Cl3F3NO2S. The Hall–Kier alpha value is -1.67. The molecule has 0 aliphatic heterocycles. The number of Topliss-reactive ketones (excluding diaryl/α,β-unsaturated/α-hetero) is 1. The molecule has 152 valence electrons. The smallest absolute Gasteiger partial charge is 0.321 e. The van der Waals surface area contributed by atoms with Crippen molar-refractivity contribution in [3.8, 4) is 0 Å². The van der Waals surface area contributed by atoms with Crippen molar-refractivity contribution in [1.82, 2.24) is 4.98 Å². The van der Waals surface area contributed by atoms with E-state index in [9.17, 15) is 22.8 Å². The minimum absolute atomic E-state index is 0.0321. The molecule has 0 bridgehead atoms. The lowest BCUT2D eigenvalue weighted by Gasteiger charge is -2.15. The Labute approximate surface area is 182 Å². The van der Waals surface area contributed by atoms with Crippen molar-refractivity contribution in [3.63, 3.8) is 0 Å². The molecule has 0 amide bonds. The van der Waals surface area contributed by atoms with Crippen LogP contribution in [0.25, 0.3) is 10.9 Å². The predicted octanol–water partition coefficient (Wildman–Crippen LogP) is 7.00. The molecule has 0 fully saturated rings. The highest BCUT2D eigenvalue weighted by molar-refractivity contribution is 7.98. The van der Waals surface area contributed by atoms with E-state index in [1.807, 2.05) is 0 Å². The number of thioether (sulfide) groups is 1.